The maximum Gasteiger partial charge on any atom is 0.312 e. The largest absolute Gasteiger partial charge is 0.481 e. The summed E-state index contributed by atoms with van der Waals surface area (Å²) in [4.78, 5) is 35.8. The van der Waals surface area contributed by atoms with Crippen molar-refractivity contribution in [3.05, 3.63) is 12.2 Å². The molecule has 3 N–H and O–H groups in total. The summed E-state index contributed by atoms with van der Waals surface area (Å²) in [6, 6.07) is 0. The van der Waals surface area contributed by atoms with Gasteiger partial charge in [0.15, 0.2) is 0 Å². The Labute approximate surface area is 238 Å². The van der Waals surface area contributed by atoms with Gasteiger partial charge in [-0.2, -0.15) is 0 Å². The molecule has 0 fully saturated rings. The summed E-state index contributed by atoms with van der Waals surface area (Å²) in [5, 5.41) is 29.4. The highest BCUT2D eigenvalue weighted by molar-refractivity contribution is 5.71. The first-order valence-corrected chi connectivity index (χ1v) is 15.8. The van der Waals surface area contributed by atoms with E-state index in [1.54, 1.807) is 0 Å². The first kappa shape index (κ1) is 37.1. The predicted octanol–water partition coefficient (Wildman–Crippen LogP) is 7.78. The molecule has 0 aliphatic heterocycles. The van der Waals surface area contributed by atoms with E-state index in [4.69, 9.17) is 0 Å². The minimum atomic E-state index is -0.904. The summed E-state index contributed by atoms with van der Waals surface area (Å²) in [5.74, 6) is -4.62. The molecule has 0 amide bonds. The van der Waals surface area contributed by atoms with E-state index in [1.165, 1.54) is 64.2 Å². The highest BCUT2D eigenvalue weighted by atomic mass is 16.4. The monoisotopic (exact) mass is 554 g/mol. The van der Waals surface area contributed by atoms with Gasteiger partial charge in [0.2, 0.25) is 0 Å². The van der Waals surface area contributed by atoms with Crippen LogP contribution in [-0.4, -0.2) is 63.9 Å². The fourth-order valence-corrected chi connectivity index (χ4v) is 5.56. The van der Waals surface area contributed by atoms with Crippen LogP contribution in [0.4, 0.5) is 0 Å². The predicted molar refractivity (Wildman–Crippen MR) is 159 cm³/mol. The molecule has 39 heavy (non-hydrogen) atoms. The van der Waals surface area contributed by atoms with Gasteiger partial charge in [-0.1, -0.05) is 104 Å². The van der Waals surface area contributed by atoms with Crippen molar-refractivity contribution in [1.82, 2.24) is 0 Å². The third-order valence-electron chi connectivity index (χ3n) is 8.26. The van der Waals surface area contributed by atoms with Crippen molar-refractivity contribution in [3.8, 4) is 0 Å². The number of carboxylic acid groups (broad SMARTS) is 3. The van der Waals surface area contributed by atoms with E-state index in [2.05, 4.69) is 19.1 Å². The lowest BCUT2D eigenvalue weighted by molar-refractivity contribution is -0.934. The topological polar surface area (TPSA) is 112 Å². The highest BCUT2D eigenvalue weighted by Gasteiger charge is 2.40. The van der Waals surface area contributed by atoms with Crippen molar-refractivity contribution >= 4 is 17.9 Å². The lowest BCUT2D eigenvalue weighted by Gasteiger charge is -2.43. The Bertz CT molecular complexity index is 632. The zero-order chi connectivity index (χ0) is 29.5. The summed E-state index contributed by atoms with van der Waals surface area (Å²) < 4.78 is 0.212. The van der Waals surface area contributed by atoms with Crippen molar-refractivity contribution in [2.45, 2.75) is 130 Å². The van der Waals surface area contributed by atoms with Crippen molar-refractivity contribution < 1.29 is 34.2 Å². The van der Waals surface area contributed by atoms with Gasteiger partial charge < -0.3 is 19.8 Å². The van der Waals surface area contributed by atoms with Crippen LogP contribution in [0.25, 0.3) is 0 Å². The fraction of sp³-hybridized carbons (Fsp3) is 0.844. The number of rotatable bonds is 27. The van der Waals surface area contributed by atoms with Gasteiger partial charge in [0, 0.05) is 6.42 Å². The van der Waals surface area contributed by atoms with Crippen molar-refractivity contribution in [2.75, 3.05) is 26.2 Å². The number of nitrogens with zero attached hydrogens (tertiary/aromatic N) is 1. The van der Waals surface area contributed by atoms with Gasteiger partial charge in [-0.3, -0.25) is 14.4 Å². The Morgan fingerprint density at radius 1 is 0.538 bits per heavy atom. The molecular formula is C32H60NO6+. The quantitative estimate of drug-likeness (QED) is 0.0543. The average molecular weight is 555 g/mol. The van der Waals surface area contributed by atoms with Crippen LogP contribution in [0.5, 0.6) is 0 Å². The molecule has 7 nitrogen and oxygen atoms in total. The minimum Gasteiger partial charge on any atom is -0.481 e. The Morgan fingerprint density at radius 3 is 1.21 bits per heavy atom. The lowest BCUT2D eigenvalue weighted by Crippen LogP contribution is -2.58. The highest BCUT2D eigenvalue weighted by Crippen LogP contribution is 2.24. The average Bonchev–Trinajstić information content (AvgIpc) is 2.90. The number of carbonyl (C=O) groups is 3. The van der Waals surface area contributed by atoms with Gasteiger partial charge in [-0.15, -0.1) is 0 Å². The number of hydrogen-bond donors (Lipinski definition) is 3. The summed E-state index contributed by atoms with van der Waals surface area (Å²) in [6.45, 7) is 9.03. The molecular weight excluding hydrogens is 494 g/mol. The smallest absolute Gasteiger partial charge is 0.312 e. The van der Waals surface area contributed by atoms with E-state index in [0.29, 0.717) is 32.2 Å². The van der Waals surface area contributed by atoms with Crippen molar-refractivity contribution in [3.63, 3.8) is 0 Å². The maximum atomic E-state index is 11.9. The molecule has 0 saturated carbocycles. The maximum absolute atomic E-state index is 11.9. The van der Waals surface area contributed by atoms with Crippen LogP contribution in [0.3, 0.4) is 0 Å². The molecule has 0 rings (SSSR count). The standard InChI is InChI=1S/C32H59NO6/c1-5-9-10-11-12-13-14-15-16-17-18-19-20-21-22-23-33(24-27(6-2)30(34)35,25-28(7-3)31(36)37)26-29(8-4)32(38)39/h20-21,27-29H,5-19,22-26H2,1-4H3,(H2-,34,35,36,37,38,39)/p+1/b21-20+. The van der Waals surface area contributed by atoms with Crippen LogP contribution in [0.15, 0.2) is 12.2 Å². The Hall–Kier alpha value is -1.89. The molecule has 0 radical (unpaired) electrons. The van der Waals surface area contributed by atoms with Crippen LogP contribution in [0.1, 0.15) is 130 Å². The minimum absolute atomic E-state index is 0.212. The summed E-state index contributed by atoms with van der Waals surface area (Å²) >= 11 is 0. The SMILES string of the molecule is CCCCCCCCCCCCC/C=C/CC[N+](CC(CC)C(=O)O)(CC(CC)C(=O)O)CC(CC)C(=O)O. The van der Waals surface area contributed by atoms with E-state index < -0.39 is 35.7 Å². The molecule has 3 atom stereocenters. The molecule has 3 unspecified atom stereocenters. The molecule has 0 saturated heterocycles. The number of unbranched alkanes of at least 4 members (excludes halogenated alkanes) is 11. The first-order chi connectivity index (χ1) is 18.7. The Kier molecular flexibility index (Phi) is 21.8. The second-order valence-electron chi connectivity index (χ2n) is 11.5. The zero-order valence-electron chi connectivity index (χ0n) is 25.5. The molecule has 0 bridgehead atoms. The van der Waals surface area contributed by atoms with Crippen LogP contribution in [-0.2, 0) is 14.4 Å². The van der Waals surface area contributed by atoms with E-state index in [9.17, 15) is 29.7 Å². The van der Waals surface area contributed by atoms with E-state index >= 15 is 0 Å². The van der Waals surface area contributed by atoms with Gasteiger partial charge in [0.05, 0.1) is 26.2 Å². The molecule has 0 aliphatic rings. The number of aliphatic carboxylic acids is 3. The Morgan fingerprint density at radius 2 is 0.872 bits per heavy atom. The second-order valence-corrected chi connectivity index (χ2v) is 11.5. The first-order valence-electron chi connectivity index (χ1n) is 15.8. The van der Waals surface area contributed by atoms with Crippen LogP contribution in [0, 0.1) is 17.8 Å². The number of hydrogen-bond acceptors (Lipinski definition) is 3. The van der Waals surface area contributed by atoms with Crippen LogP contribution >= 0.6 is 0 Å². The second kappa shape index (κ2) is 22.9. The molecule has 228 valence electrons. The van der Waals surface area contributed by atoms with E-state index in [1.807, 2.05) is 20.8 Å². The van der Waals surface area contributed by atoms with Gasteiger partial charge in [-0.05, 0) is 32.1 Å². The number of carboxylic acids is 3. The van der Waals surface area contributed by atoms with Gasteiger partial charge in [0.1, 0.15) is 17.8 Å². The molecule has 0 aromatic rings. The van der Waals surface area contributed by atoms with E-state index in [-0.39, 0.29) is 24.1 Å². The third-order valence-corrected chi connectivity index (χ3v) is 8.26. The van der Waals surface area contributed by atoms with Gasteiger partial charge in [-0.25, -0.2) is 0 Å². The number of quaternary nitrogens is 1. The number of allylic oxidation sites excluding steroid dienone is 1. The van der Waals surface area contributed by atoms with Crippen molar-refractivity contribution in [2.24, 2.45) is 17.8 Å². The molecule has 0 spiro atoms. The molecule has 0 aromatic heterocycles. The lowest BCUT2D eigenvalue weighted by atomic mass is 9.96. The van der Waals surface area contributed by atoms with Gasteiger partial charge >= 0.3 is 17.9 Å². The van der Waals surface area contributed by atoms with Gasteiger partial charge in [0.25, 0.3) is 0 Å². The normalized spacial score (nSPS) is 15.6. The van der Waals surface area contributed by atoms with E-state index in [0.717, 1.165) is 12.8 Å². The summed E-state index contributed by atoms with van der Waals surface area (Å²) in [7, 11) is 0. The molecule has 0 aliphatic carbocycles. The van der Waals surface area contributed by atoms with Crippen LogP contribution in [0.2, 0.25) is 0 Å². The third kappa shape index (κ3) is 17.4. The zero-order valence-corrected chi connectivity index (χ0v) is 25.5. The van der Waals surface area contributed by atoms with Crippen LogP contribution < -0.4 is 0 Å². The summed E-state index contributed by atoms with van der Waals surface area (Å²) in [6.07, 6.45) is 21.7. The summed E-state index contributed by atoms with van der Waals surface area (Å²) in [5.41, 5.74) is 0. The molecule has 7 heteroatoms. The molecule has 0 aromatic carbocycles. The van der Waals surface area contributed by atoms with Crippen molar-refractivity contribution in [1.29, 1.82) is 0 Å². The fourth-order valence-electron chi connectivity index (χ4n) is 5.56. The molecule has 0 heterocycles. The Balaban J connectivity index is 5.04.